The topological polar surface area (TPSA) is 45.0 Å². The molecule has 0 amide bonds. The van der Waals surface area contributed by atoms with E-state index in [9.17, 15) is 5.11 Å². The Morgan fingerprint density at radius 3 is 2.13 bits per heavy atom. The molecular weight excluding hydrogens is 284 g/mol. The summed E-state index contributed by atoms with van der Waals surface area (Å²) in [6.07, 6.45) is 0.944. The summed E-state index contributed by atoms with van der Waals surface area (Å²) in [5.41, 5.74) is 3.78. The first-order valence-corrected chi connectivity index (χ1v) is 8.10. The monoisotopic (exact) mass is 310 g/mol. The van der Waals surface area contributed by atoms with Crippen molar-refractivity contribution >= 4 is 11.4 Å². The van der Waals surface area contributed by atoms with E-state index in [1.165, 1.54) is 5.56 Å². The molecule has 0 spiro atoms. The molecule has 2 aromatic rings. The van der Waals surface area contributed by atoms with Crippen molar-refractivity contribution in [3.63, 3.8) is 0 Å². The predicted molar refractivity (Wildman–Crippen MR) is 96.0 cm³/mol. The number of hydrogen-bond acceptors (Lipinski definition) is 3. The number of phenolic OH excluding ortho intramolecular Hbond substituents is 1. The molecule has 0 aliphatic heterocycles. The first kappa shape index (κ1) is 17.2. The summed E-state index contributed by atoms with van der Waals surface area (Å²) in [6.45, 7) is 10.9. The summed E-state index contributed by atoms with van der Waals surface area (Å²) in [5.74, 6) is 0.737. The van der Waals surface area contributed by atoms with E-state index < -0.39 is 0 Å². The van der Waals surface area contributed by atoms with Crippen LogP contribution in [0.2, 0.25) is 0 Å². The van der Waals surface area contributed by atoms with Crippen LogP contribution in [0.3, 0.4) is 0 Å². The maximum atomic E-state index is 10.1. The summed E-state index contributed by atoms with van der Waals surface area (Å²) in [7, 11) is 0. The first-order valence-electron chi connectivity index (χ1n) is 8.10. The highest BCUT2D eigenvalue weighted by molar-refractivity contribution is 5.52. The fraction of sp³-hybridized carbons (Fsp3) is 0.400. The number of nitrogens with zero attached hydrogens (tertiary/aromatic N) is 2. The van der Waals surface area contributed by atoms with Crippen molar-refractivity contribution in [3.8, 4) is 5.75 Å². The standard InChI is InChI=1S/C20H26N2O/c1-14(2)12-15-6-11-18(19(23)13-15)22-21-17-9-7-16(8-10-17)20(3,4)5/h6-11,13-14,23H,12H2,1-5H3/b22-21+. The Balaban J connectivity index is 2.14. The van der Waals surface area contributed by atoms with Gasteiger partial charge in [0.15, 0.2) is 0 Å². The molecular formula is C20H26N2O. The van der Waals surface area contributed by atoms with E-state index in [0.717, 1.165) is 17.7 Å². The van der Waals surface area contributed by atoms with Crippen LogP contribution in [0.5, 0.6) is 5.75 Å². The normalized spacial score (nSPS) is 12.3. The van der Waals surface area contributed by atoms with E-state index in [-0.39, 0.29) is 11.2 Å². The molecule has 3 heteroatoms. The average Bonchev–Trinajstić information content (AvgIpc) is 2.45. The smallest absolute Gasteiger partial charge is 0.143 e. The number of azo groups is 1. The molecule has 0 aromatic heterocycles. The van der Waals surface area contributed by atoms with Gasteiger partial charge in [-0.2, -0.15) is 5.11 Å². The SMILES string of the molecule is CC(C)Cc1ccc(/N=N/c2ccc(C(C)(C)C)cc2)c(O)c1. The highest BCUT2D eigenvalue weighted by atomic mass is 16.3. The second-order valence-corrected chi connectivity index (χ2v) is 7.42. The van der Waals surface area contributed by atoms with Crippen molar-refractivity contribution < 1.29 is 5.11 Å². The van der Waals surface area contributed by atoms with Gasteiger partial charge in [-0.25, -0.2) is 0 Å². The van der Waals surface area contributed by atoms with Crippen LogP contribution < -0.4 is 0 Å². The molecule has 0 unspecified atom stereocenters. The molecule has 3 nitrogen and oxygen atoms in total. The number of aromatic hydroxyl groups is 1. The fourth-order valence-corrected chi connectivity index (χ4v) is 2.39. The van der Waals surface area contributed by atoms with Crippen molar-refractivity contribution in [2.24, 2.45) is 16.1 Å². The Bertz CT molecular complexity index is 680. The van der Waals surface area contributed by atoms with Gasteiger partial charge in [0.2, 0.25) is 0 Å². The van der Waals surface area contributed by atoms with Crippen LogP contribution >= 0.6 is 0 Å². The van der Waals surface area contributed by atoms with Crippen LogP contribution in [0, 0.1) is 5.92 Å². The minimum Gasteiger partial charge on any atom is -0.506 e. The lowest BCUT2D eigenvalue weighted by Gasteiger charge is -2.18. The Labute approximate surface area is 139 Å². The zero-order valence-corrected chi connectivity index (χ0v) is 14.7. The van der Waals surface area contributed by atoms with Crippen molar-refractivity contribution in [2.75, 3.05) is 0 Å². The highest BCUT2D eigenvalue weighted by Gasteiger charge is 2.12. The van der Waals surface area contributed by atoms with Gasteiger partial charge < -0.3 is 5.11 Å². The molecule has 0 fully saturated rings. The summed E-state index contributed by atoms with van der Waals surface area (Å²) in [6, 6.07) is 13.6. The summed E-state index contributed by atoms with van der Waals surface area (Å²) < 4.78 is 0. The maximum absolute atomic E-state index is 10.1. The van der Waals surface area contributed by atoms with Gasteiger partial charge in [0.05, 0.1) is 5.69 Å². The summed E-state index contributed by atoms with van der Waals surface area (Å²) in [5, 5.41) is 18.5. The third-order valence-corrected chi connectivity index (χ3v) is 3.69. The molecule has 2 rings (SSSR count). The van der Waals surface area contributed by atoms with Crippen molar-refractivity contribution in [2.45, 2.75) is 46.5 Å². The molecule has 122 valence electrons. The number of hydrogen-bond donors (Lipinski definition) is 1. The summed E-state index contributed by atoms with van der Waals surface area (Å²) in [4.78, 5) is 0. The van der Waals surface area contributed by atoms with Gasteiger partial charge in [-0.1, -0.05) is 52.8 Å². The van der Waals surface area contributed by atoms with Crippen molar-refractivity contribution in [1.82, 2.24) is 0 Å². The number of benzene rings is 2. The Morgan fingerprint density at radius 2 is 1.61 bits per heavy atom. The van der Waals surface area contributed by atoms with Crippen LogP contribution in [0.4, 0.5) is 11.4 Å². The maximum Gasteiger partial charge on any atom is 0.143 e. The molecule has 0 radical (unpaired) electrons. The Kier molecular flexibility index (Phi) is 5.19. The minimum atomic E-state index is 0.125. The minimum absolute atomic E-state index is 0.125. The molecule has 0 saturated heterocycles. The molecule has 1 N–H and O–H groups in total. The van der Waals surface area contributed by atoms with E-state index in [0.29, 0.717) is 11.6 Å². The summed E-state index contributed by atoms with van der Waals surface area (Å²) >= 11 is 0. The molecule has 0 aliphatic carbocycles. The molecule has 2 aromatic carbocycles. The number of rotatable bonds is 4. The van der Waals surface area contributed by atoms with E-state index >= 15 is 0 Å². The number of phenols is 1. The predicted octanol–water partition coefficient (Wildman–Crippen LogP) is 6.30. The zero-order valence-electron chi connectivity index (χ0n) is 14.7. The van der Waals surface area contributed by atoms with Gasteiger partial charge in [-0.05, 0) is 53.1 Å². The van der Waals surface area contributed by atoms with Crippen LogP contribution in [0.15, 0.2) is 52.7 Å². The largest absolute Gasteiger partial charge is 0.506 e. The second-order valence-electron chi connectivity index (χ2n) is 7.42. The molecule has 0 heterocycles. The van der Waals surface area contributed by atoms with E-state index in [2.05, 4.69) is 57.0 Å². The lowest BCUT2D eigenvalue weighted by molar-refractivity contribution is 0.475. The average molecular weight is 310 g/mol. The molecule has 0 saturated carbocycles. The van der Waals surface area contributed by atoms with Crippen LogP contribution in [-0.2, 0) is 11.8 Å². The third-order valence-electron chi connectivity index (χ3n) is 3.69. The van der Waals surface area contributed by atoms with Gasteiger partial charge >= 0.3 is 0 Å². The van der Waals surface area contributed by atoms with Gasteiger partial charge in [0, 0.05) is 0 Å². The van der Waals surface area contributed by atoms with E-state index in [4.69, 9.17) is 0 Å². The van der Waals surface area contributed by atoms with Crippen molar-refractivity contribution in [1.29, 1.82) is 0 Å². The van der Waals surface area contributed by atoms with Gasteiger partial charge in [-0.3, -0.25) is 0 Å². The van der Waals surface area contributed by atoms with Crippen LogP contribution in [0.1, 0.15) is 45.7 Å². The zero-order chi connectivity index (χ0) is 17.0. The van der Waals surface area contributed by atoms with Gasteiger partial charge in [0.1, 0.15) is 11.4 Å². The Hall–Kier alpha value is -2.16. The Morgan fingerprint density at radius 1 is 0.957 bits per heavy atom. The lowest BCUT2D eigenvalue weighted by Crippen LogP contribution is -2.10. The van der Waals surface area contributed by atoms with Gasteiger partial charge in [-0.15, -0.1) is 5.11 Å². The molecule has 0 bridgehead atoms. The quantitative estimate of drug-likeness (QED) is 0.661. The molecule has 0 aliphatic rings. The molecule has 0 atom stereocenters. The molecule has 23 heavy (non-hydrogen) atoms. The van der Waals surface area contributed by atoms with E-state index in [1.807, 2.05) is 24.3 Å². The third kappa shape index (κ3) is 4.92. The van der Waals surface area contributed by atoms with Gasteiger partial charge in [0.25, 0.3) is 0 Å². The van der Waals surface area contributed by atoms with Crippen LogP contribution in [0.25, 0.3) is 0 Å². The first-order chi connectivity index (χ1) is 10.8. The second kappa shape index (κ2) is 6.95. The highest BCUT2D eigenvalue weighted by Crippen LogP contribution is 2.30. The fourth-order valence-electron chi connectivity index (χ4n) is 2.39. The van der Waals surface area contributed by atoms with Crippen molar-refractivity contribution in [3.05, 3.63) is 53.6 Å². The lowest BCUT2D eigenvalue weighted by atomic mass is 9.87. The van der Waals surface area contributed by atoms with E-state index in [1.54, 1.807) is 6.07 Å². The van der Waals surface area contributed by atoms with Crippen LogP contribution in [-0.4, -0.2) is 5.11 Å².